The Labute approximate surface area is 110 Å². The molecule has 0 fully saturated rings. The van der Waals surface area contributed by atoms with Gasteiger partial charge in [-0.1, -0.05) is 6.07 Å². The Morgan fingerprint density at radius 2 is 2.28 bits per heavy atom. The fraction of sp³-hybridized carbons (Fsp3) is 0. The van der Waals surface area contributed by atoms with E-state index in [1.165, 1.54) is 0 Å². The summed E-state index contributed by atoms with van der Waals surface area (Å²) in [6, 6.07) is 6.20. The first-order valence-corrected chi connectivity index (χ1v) is 5.62. The predicted octanol–water partition coefficient (Wildman–Crippen LogP) is 2.33. The van der Waals surface area contributed by atoms with Gasteiger partial charge in [-0.2, -0.15) is 0 Å². The molecule has 0 aliphatic rings. The number of carbonyl (C=O) groups excluding carboxylic acids is 1. The SMILES string of the molecule is O=C(Nc1cccc(Br)n1)c1cc([N+](=O)[O-])c[nH]1. The van der Waals surface area contributed by atoms with Crippen LogP contribution in [0.3, 0.4) is 0 Å². The monoisotopic (exact) mass is 310 g/mol. The van der Waals surface area contributed by atoms with Gasteiger partial charge in [-0.3, -0.25) is 14.9 Å². The molecule has 7 nitrogen and oxygen atoms in total. The molecule has 0 unspecified atom stereocenters. The molecule has 0 spiro atoms. The molecule has 8 heteroatoms. The van der Waals surface area contributed by atoms with Crippen LogP contribution < -0.4 is 5.32 Å². The van der Waals surface area contributed by atoms with E-state index in [2.05, 4.69) is 31.2 Å². The molecule has 2 rings (SSSR count). The number of pyridine rings is 1. The lowest BCUT2D eigenvalue weighted by Gasteiger charge is -2.02. The van der Waals surface area contributed by atoms with E-state index in [1.54, 1.807) is 18.2 Å². The van der Waals surface area contributed by atoms with Crippen molar-refractivity contribution >= 4 is 33.3 Å². The molecule has 0 saturated heterocycles. The number of nitrogens with zero attached hydrogens (tertiary/aromatic N) is 2. The maximum atomic E-state index is 11.7. The van der Waals surface area contributed by atoms with E-state index in [4.69, 9.17) is 0 Å². The summed E-state index contributed by atoms with van der Waals surface area (Å²) in [5, 5.41) is 13.0. The van der Waals surface area contributed by atoms with Gasteiger partial charge in [0.1, 0.15) is 16.1 Å². The normalized spacial score (nSPS) is 10.1. The van der Waals surface area contributed by atoms with Crippen LogP contribution >= 0.6 is 15.9 Å². The fourth-order valence-electron chi connectivity index (χ4n) is 1.28. The third-order valence-electron chi connectivity index (χ3n) is 2.08. The molecule has 0 radical (unpaired) electrons. The molecular weight excluding hydrogens is 304 g/mol. The van der Waals surface area contributed by atoms with Crippen molar-refractivity contribution in [2.75, 3.05) is 5.32 Å². The molecule has 0 aromatic carbocycles. The van der Waals surface area contributed by atoms with Crippen molar-refractivity contribution in [3.05, 3.63) is 50.9 Å². The Bertz CT molecular complexity index is 611. The van der Waals surface area contributed by atoms with Gasteiger partial charge in [0, 0.05) is 6.07 Å². The third-order valence-corrected chi connectivity index (χ3v) is 2.52. The number of halogens is 1. The van der Waals surface area contributed by atoms with E-state index in [0.29, 0.717) is 10.4 Å². The number of nitro groups is 1. The summed E-state index contributed by atoms with van der Waals surface area (Å²) < 4.78 is 0.581. The van der Waals surface area contributed by atoms with E-state index < -0.39 is 10.8 Å². The molecule has 18 heavy (non-hydrogen) atoms. The van der Waals surface area contributed by atoms with Crippen LogP contribution in [0.5, 0.6) is 0 Å². The first kappa shape index (κ1) is 12.2. The first-order valence-electron chi connectivity index (χ1n) is 4.83. The molecule has 0 atom stereocenters. The van der Waals surface area contributed by atoms with Gasteiger partial charge in [-0.25, -0.2) is 4.98 Å². The van der Waals surface area contributed by atoms with Gasteiger partial charge >= 0.3 is 0 Å². The Balaban J connectivity index is 2.14. The number of amides is 1. The zero-order chi connectivity index (χ0) is 13.1. The van der Waals surface area contributed by atoms with Crippen molar-refractivity contribution < 1.29 is 9.72 Å². The second-order valence-corrected chi connectivity index (χ2v) is 4.14. The number of hydrogen-bond acceptors (Lipinski definition) is 4. The number of H-pyrrole nitrogens is 1. The first-order chi connectivity index (χ1) is 8.56. The van der Waals surface area contributed by atoms with Crippen LogP contribution in [0.15, 0.2) is 35.1 Å². The van der Waals surface area contributed by atoms with Crippen LogP contribution in [0, 0.1) is 10.1 Å². The Hall–Kier alpha value is -2.22. The summed E-state index contributed by atoms with van der Waals surface area (Å²) in [5.41, 5.74) is -0.0640. The van der Waals surface area contributed by atoms with Crippen LogP contribution in [-0.4, -0.2) is 20.8 Å². The number of anilines is 1. The van der Waals surface area contributed by atoms with Gasteiger partial charge in [0.05, 0.1) is 11.1 Å². The second kappa shape index (κ2) is 4.96. The molecule has 0 aliphatic carbocycles. The number of aromatic amines is 1. The van der Waals surface area contributed by atoms with Crippen LogP contribution in [0.2, 0.25) is 0 Å². The quantitative estimate of drug-likeness (QED) is 0.516. The van der Waals surface area contributed by atoms with Crippen molar-refractivity contribution in [2.24, 2.45) is 0 Å². The van der Waals surface area contributed by atoms with E-state index in [1.807, 2.05) is 0 Å². The third kappa shape index (κ3) is 2.72. The smallest absolute Gasteiger partial charge is 0.287 e. The maximum absolute atomic E-state index is 11.7. The zero-order valence-corrected chi connectivity index (χ0v) is 10.5. The molecule has 2 aromatic heterocycles. The van der Waals surface area contributed by atoms with Crippen LogP contribution in [0.1, 0.15) is 10.5 Å². The minimum atomic E-state index is -0.579. The molecule has 0 saturated carbocycles. The summed E-state index contributed by atoms with van der Waals surface area (Å²) in [5.74, 6) is -0.139. The lowest BCUT2D eigenvalue weighted by atomic mass is 10.4. The Kier molecular flexibility index (Phi) is 3.38. The summed E-state index contributed by atoms with van der Waals surface area (Å²) in [7, 11) is 0. The summed E-state index contributed by atoms with van der Waals surface area (Å²) >= 11 is 3.17. The van der Waals surface area contributed by atoms with Crippen molar-refractivity contribution in [2.45, 2.75) is 0 Å². The molecule has 2 aromatic rings. The largest absolute Gasteiger partial charge is 0.351 e. The van der Waals surface area contributed by atoms with E-state index in [-0.39, 0.29) is 11.4 Å². The summed E-state index contributed by atoms with van der Waals surface area (Å²) in [6.07, 6.45) is 1.16. The van der Waals surface area contributed by atoms with Gasteiger partial charge < -0.3 is 10.3 Å². The summed E-state index contributed by atoms with van der Waals surface area (Å²) in [4.78, 5) is 28.2. The van der Waals surface area contributed by atoms with Gasteiger partial charge in [0.2, 0.25) is 0 Å². The highest BCUT2D eigenvalue weighted by Crippen LogP contribution is 2.14. The van der Waals surface area contributed by atoms with Crippen molar-refractivity contribution in [3.63, 3.8) is 0 Å². The number of hydrogen-bond donors (Lipinski definition) is 2. The standard InChI is InChI=1S/C10H7BrN4O3/c11-8-2-1-3-9(13-8)14-10(16)7-4-6(5-12-7)15(17)18/h1-5,12H,(H,13,14,16). The predicted molar refractivity (Wildman–Crippen MR) is 67.3 cm³/mol. The molecule has 92 valence electrons. The van der Waals surface area contributed by atoms with Gasteiger partial charge in [-0.15, -0.1) is 0 Å². The second-order valence-electron chi connectivity index (χ2n) is 3.33. The van der Waals surface area contributed by atoms with Crippen LogP contribution in [0.4, 0.5) is 11.5 Å². The molecule has 2 heterocycles. The van der Waals surface area contributed by atoms with Gasteiger partial charge in [-0.05, 0) is 28.1 Å². The molecular formula is C10H7BrN4O3. The number of rotatable bonds is 3. The minimum absolute atomic E-state index is 0.100. The zero-order valence-electron chi connectivity index (χ0n) is 8.88. The topological polar surface area (TPSA) is 101 Å². The highest BCUT2D eigenvalue weighted by Gasteiger charge is 2.14. The number of aromatic nitrogens is 2. The van der Waals surface area contributed by atoms with Crippen LogP contribution in [-0.2, 0) is 0 Å². The Morgan fingerprint density at radius 1 is 1.50 bits per heavy atom. The minimum Gasteiger partial charge on any atom is -0.351 e. The maximum Gasteiger partial charge on any atom is 0.287 e. The molecule has 0 aliphatic heterocycles. The van der Waals surface area contributed by atoms with Crippen molar-refractivity contribution in [1.82, 2.24) is 9.97 Å². The average molecular weight is 311 g/mol. The van der Waals surface area contributed by atoms with Gasteiger partial charge in [0.25, 0.3) is 11.6 Å². The number of nitrogens with one attached hydrogen (secondary N) is 2. The lowest BCUT2D eigenvalue weighted by Crippen LogP contribution is -2.13. The lowest BCUT2D eigenvalue weighted by molar-refractivity contribution is -0.384. The van der Waals surface area contributed by atoms with E-state index >= 15 is 0 Å². The highest BCUT2D eigenvalue weighted by atomic mass is 79.9. The summed E-state index contributed by atoms with van der Waals surface area (Å²) in [6.45, 7) is 0. The fourth-order valence-corrected chi connectivity index (χ4v) is 1.62. The van der Waals surface area contributed by atoms with Gasteiger partial charge in [0.15, 0.2) is 0 Å². The van der Waals surface area contributed by atoms with Crippen LogP contribution in [0.25, 0.3) is 0 Å². The molecule has 0 bridgehead atoms. The highest BCUT2D eigenvalue weighted by molar-refractivity contribution is 9.10. The van der Waals surface area contributed by atoms with E-state index in [0.717, 1.165) is 12.3 Å². The van der Waals surface area contributed by atoms with Crippen molar-refractivity contribution in [3.8, 4) is 0 Å². The number of carbonyl (C=O) groups is 1. The Morgan fingerprint density at radius 3 is 2.89 bits per heavy atom. The average Bonchev–Trinajstić information content (AvgIpc) is 2.78. The van der Waals surface area contributed by atoms with E-state index in [9.17, 15) is 14.9 Å². The van der Waals surface area contributed by atoms with Crippen molar-refractivity contribution in [1.29, 1.82) is 0 Å². The molecule has 1 amide bonds. The molecule has 2 N–H and O–H groups in total.